The second-order valence-corrected chi connectivity index (χ2v) is 11.6. The number of pyridine rings is 1. The van der Waals surface area contributed by atoms with Crippen LogP contribution in [0.2, 0.25) is 0 Å². The first-order chi connectivity index (χ1) is 20.4. The summed E-state index contributed by atoms with van der Waals surface area (Å²) in [5, 5.41) is 5.03. The standard InChI is InChI=1S/C33H25I2N3O4/c1-2-41-33(40)23-14-12-21(13-15-23)20-42-31-24(16-25(34)17-28(31)35)19-36-38-32(39)27-18-30(22-8-4-3-5-9-22)37-29-11-7-6-10-26(27)29/h3-19H,2,20H2,1H3,(H,38,39)/b36-19-. The van der Waals surface area contributed by atoms with Gasteiger partial charge >= 0.3 is 5.97 Å². The molecule has 0 unspecified atom stereocenters. The van der Waals surface area contributed by atoms with Gasteiger partial charge in [0.05, 0.1) is 38.7 Å². The van der Waals surface area contributed by atoms with Crippen LogP contribution >= 0.6 is 45.2 Å². The maximum absolute atomic E-state index is 13.4. The van der Waals surface area contributed by atoms with Gasteiger partial charge in [0.1, 0.15) is 12.4 Å². The smallest absolute Gasteiger partial charge is 0.338 e. The molecular weight excluding hydrogens is 756 g/mol. The summed E-state index contributed by atoms with van der Waals surface area (Å²) >= 11 is 4.46. The number of ether oxygens (including phenoxy) is 2. The van der Waals surface area contributed by atoms with Crippen molar-refractivity contribution in [2.24, 2.45) is 5.10 Å². The Morgan fingerprint density at radius 3 is 2.43 bits per heavy atom. The number of hydrogen-bond acceptors (Lipinski definition) is 6. The Morgan fingerprint density at radius 2 is 1.67 bits per heavy atom. The van der Waals surface area contributed by atoms with Crippen LogP contribution in [0.3, 0.4) is 0 Å². The van der Waals surface area contributed by atoms with E-state index in [9.17, 15) is 9.59 Å². The van der Waals surface area contributed by atoms with Gasteiger partial charge in [-0.25, -0.2) is 15.2 Å². The summed E-state index contributed by atoms with van der Waals surface area (Å²) in [6, 6.07) is 30.2. The topological polar surface area (TPSA) is 89.9 Å². The molecule has 210 valence electrons. The van der Waals surface area contributed by atoms with Gasteiger partial charge in [-0.1, -0.05) is 60.7 Å². The van der Waals surface area contributed by atoms with Gasteiger partial charge < -0.3 is 9.47 Å². The molecule has 0 radical (unpaired) electrons. The number of halogens is 2. The van der Waals surface area contributed by atoms with Gasteiger partial charge in [0.2, 0.25) is 0 Å². The summed E-state index contributed by atoms with van der Waals surface area (Å²) in [5.41, 5.74) is 7.64. The Kier molecular flexibility index (Phi) is 9.80. The number of esters is 1. The van der Waals surface area contributed by atoms with Crippen molar-refractivity contribution >= 4 is 74.2 Å². The quantitative estimate of drug-likeness (QED) is 0.0720. The Balaban J connectivity index is 1.35. The number of rotatable bonds is 9. The number of hydrogen-bond donors (Lipinski definition) is 1. The highest BCUT2D eigenvalue weighted by molar-refractivity contribution is 14.1. The van der Waals surface area contributed by atoms with Crippen LogP contribution in [0, 0.1) is 7.14 Å². The first-order valence-corrected chi connectivity index (χ1v) is 15.2. The molecule has 0 bridgehead atoms. The molecule has 7 nitrogen and oxygen atoms in total. The van der Waals surface area contributed by atoms with Gasteiger partial charge in [-0.05, 0) is 94.1 Å². The number of nitrogens with zero attached hydrogens (tertiary/aromatic N) is 2. The number of carbonyl (C=O) groups excluding carboxylic acids is 2. The maximum atomic E-state index is 13.4. The minimum absolute atomic E-state index is 0.290. The molecule has 1 N–H and O–H groups in total. The lowest BCUT2D eigenvalue weighted by molar-refractivity contribution is 0.0526. The summed E-state index contributed by atoms with van der Waals surface area (Å²) in [6.45, 7) is 2.39. The van der Waals surface area contributed by atoms with E-state index in [1.807, 2.05) is 78.9 Å². The molecule has 9 heteroatoms. The molecule has 0 saturated carbocycles. The van der Waals surface area contributed by atoms with E-state index in [1.165, 1.54) is 0 Å². The molecule has 0 aliphatic heterocycles. The summed E-state index contributed by atoms with van der Waals surface area (Å²) in [5.74, 6) is -0.0514. The molecule has 4 aromatic carbocycles. The molecule has 0 fully saturated rings. The zero-order valence-corrected chi connectivity index (χ0v) is 26.8. The zero-order valence-electron chi connectivity index (χ0n) is 22.5. The van der Waals surface area contributed by atoms with Crippen LogP contribution in [0.5, 0.6) is 5.75 Å². The molecule has 42 heavy (non-hydrogen) atoms. The minimum Gasteiger partial charge on any atom is -0.487 e. The van der Waals surface area contributed by atoms with Crippen molar-refractivity contribution in [3.8, 4) is 17.0 Å². The third-order valence-corrected chi connectivity index (χ3v) is 7.71. The number of hydrazone groups is 1. The minimum atomic E-state index is -0.353. The lowest BCUT2D eigenvalue weighted by Gasteiger charge is -2.13. The Bertz CT molecular complexity index is 1770. The van der Waals surface area contributed by atoms with Crippen molar-refractivity contribution in [3.05, 3.63) is 126 Å². The Hall–Kier alpha value is -3.84. The molecule has 0 aliphatic carbocycles. The first kappa shape index (κ1) is 29.6. The van der Waals surface area contributed by atoms with Crippen LogP contribution in [0.25, 0.3) is 22.2 Å². The first-order valence-electron chi connectivity index (χ1n) is 13.1. The van der Waals surface area contributed by atoms with Gasteiger partial charge in [0.25, 0.3) is 5.91 Å². The fourth-order valence-corrected chi connectivity index (χ4v) is 6.32. The van der Waals surface area contributed by atoms with E-state index >= 15 is 0 Å². The Morgan fingerprint density at radius 1 is 0.929 bits per heavy atom. The highest BCUT2D eigenvalue weighted by Gasteiger charge is 2.15. The van der Waals surface area contributed by atoms with Crippen molar-refractivity contribution in [1.29, 1.82) is 0 Å². The van der Waals surface area contributed by atoms with Gasteiger partial charge in [0.15, 0.2) is 0 Å². The molecule has 0 atom stereocenters. The fourth-order valence-electron chi connectivity index (χ4n) is 4.28. The maximum Gasteiger partial charge on any atom is 0.338 e. The monoisotopic (exact) mass is 781 g/mol. The van der Waals surface area contributed by atoms with Gasteiger partial charge in [-0.15, -0.1) is 0 Å². The molecular formula is C33H25I2N3O4. The number of amides is 1. The van der Waals surface area contributed by atoms with E-state index < -0.39 is 0 Å². The number of nitrogens with one attached hydrogen (secondary N) is 1. The van der Waals surface area contributed by atoms with E-state index in [2.05, 4.69) is 55.7 Å². The predicted molar refractivity (Wildman–Crippen MR) is 181 cm³/mol. The van der Waals surface area contributed by atoms with Crippen LogP contribution in [0.1, 0.15) is 38.8 Å². The Labute approximate surface area is 270 Å². The molecule has 0 saturated heterocycles. The zero-order chi connectivity index (χ0) is 29.5. The fraction of sp³-hybridized carbons (Fsp3) is 0.0909. The summed E-state index contributed by atoms with van der Waals surface area (Å²) in [4.78, 5) is 30.1. The molecule has 1 heterocycles. The van der Waals surface area contributed by atoms with Crippen molar-refractivity contribution in [2.45, 2.75) is 13.5 Å². The van der Waals surface area contributed by atoms with Crippen LogP contribution in [-0.2, 0) is 11.3 Å². The number of para-hydroxylation sites is 1. The molecule has 5 aromatic rings. The normalized spacial score (nSPS) is 11.0. The SMILES string of the molecule is CCOC(=O)c1ccc(COc2c(I)cc(I)cc2/C=N\NC(=O)c2cc(-c3ccccc3)nc3ccccc23)cc1. The summed E-state index contributed by atoms with van der Waals surface area (Å²) in [7, 11) is 0. The van der Waals surface area contributed by atoms with Gasteiger partial charge in [0, 0.05) is 20.1 Å². The number of aromatic nitrogens is 1. The number of carbonyl (C=O) groups is 2. The largest absolute Gasteiger partial charge is 0.487 e. The second-order valence-electron chi connectivity index (χ2n) is 9.15. The summed E-state index contributed by atoms with van der Waals surface area (Å²) < 4.78 is 13.1. The van der Waals surface area contributed by atoms with E-state index in [0.717, 1.165) is 34.7 Å². The van der Waals surface area contributed by atoms with Crippen molar-refractivity contribution in [1.82, 2.24) is 10.4 Å². The average Bonchev–Trinajstić information content (AvgIpc) is 3.00. The molecule has 5 rings (SSSR count). The molecule has 0 aliphatic rings. The van der Waals surface area contributed by atoms with Gasteiger partial charge in [-0.3, -0.25) is 4.79 Å². The van der Waals surface area contributed by atoms with Crippen LogP contribution in [0.15, 0.2) is 102 Å². The van der Waals surface area contributed by atoms with E-state index in [0.29, 0.717) is 29.2 Å². The lowest BCUT2D eigenvalue weighted by atomic mass is 10.0. The third-order valence-electron chi connectivity index (χ3n) is 6.29. The third kappa shape index (κ3) is 7.13. The van der Waals surface area contributed by atoms with Crippen molar-refractivity contribution in [3.63, 3.8) is 0 Å². The second kappa shape index (κ2) is 13.9. The van der Waals surface area contributed by atoms with Crippen LogP contribution in [-0.4, -0.2) is 29.7 Å². The lowest BCUT2D eigenvalue weighted by Crippen LogP contribution is -2.18. The number of fused-ring (bicyclic) bond motifs is 1. The predicted octanol–water partition coefficient (Wildman–Crippen LogP) is 7.63. The van der Waals surface area contributed by atoms with Crippen LogP contribution in [0.4, 0.5) is 0 Å². The number of benzene rings is 4. The van der Waals surface area contributed by atoms with Gasteiger partial charge in [-0.2, -0.15) is 5.10 Å². The van der Waals surface area contributed by atoms with E-state index in [4.69, 9.17) is 14.5 Å². The summed E-state index contributed by atoms with van der Waals surface area (Å²) in [6.07, 6.45) is 1.59. The van der Waals surface area contributed by atoms with Crippen molar-refractivity contribution < 1.29 is 19.1 Å². The highest BCUT2D eigenvalue weighted by atomic mass is 127. The molecule has 1 aromatic heterocycles. The van der Waals surface area contributed by atoms with E-state index in [1.54, 1.807) is 31.3 Å². The van der Waals surface area contributed by atoms with Crippen molar-refractivity contribution in [2.75, 3.05) is 6.61 Å². The molecule has 0 spiro atoms. The molecule has 1 amide bonds. The van der Waals surface area contributed by atoms with E-state index in [-0.39, 0.29) is 18.5 Å². The van der Waals surface area contributed by atoms with Crippen LogP contribution < -0.4 is 10.2 Å². The highest BCUT2D eigenvalue weighted by Crippen LogP contribution is 2.29. The average molecular weight is 781 g/mol.